The Kier molecular flexibility index (Phi) is 11.9. The van der Waals surface area contributed by atoms with Crippen molar-refractivity contribution in [1.29, 1.82) is 0 Å². The van der Waals surface area contributed by atoms with Gasteiger partial charge in [0.15, 0.2) is 0 Å². The number of furan rings is 2. The van der Waals surface area contributed by atoms with Crippen LogP contribution >= 0.6 is 23.2 Å². The minimum Gasteiger partial charge on any atom is -1.00 e. The molecule has 8 aliphatic rings. The second-order valence-corrected chi connectivity index (χ2v) is 33.7. The predicted molar refractivity (Wildman–Crippen MR) is 250 cm³/mol. The summed E-state index contributed by atoms with van der Waals surface area (Å²) in [6, 6.07) is 11.6. The Morgan fingerprint density at radius 3 is 1.54 bits per heavy atom. The lowest BCUT2D eigenvalue weighted by atomic mass is 9.43. The van der Waals surface area contributed by atoms with Crippen molar-refractivity contribution in [2.75, 3.05) is 0 Å². The van der Waals surface area contributed by atoms with Crippen molar-refractivity contribution in [1.82, 2.24) is 4.23 Å². The van der Waals surface area contributed by atoms with E-state index in [1.807, 2.05) is 42.7 Å². The molecule has 8 fully saturated rings. The Balaban J connectivity index is 0.000000171. The first-order valence-electron chi connectivity index (χ1n) is 22.4. The Morgan fingerprint density at radius 1 is 0.672 bits per heavy atom. The Bertz CT molecular complexity index is 2270. The molecule has 332 valence electrons. The van der Waals surface area contributed by atoms with E-state index in [2.05, 4.69) is 85.1 Å². The maximum Gasteiger partial charge on any atom is 0.475 e. The molecule has 2 N–H and O–H groups in total. The molecule has 2 aromatic carbocycles. The average molecular weight is 927 g/mol. The molecule has 0 unspecified atom stereocenters. The molecule has 4 heterocycles. The predicted octanol–water partition coefficient (Wildman–Crippen LogP) is 8.46. The minimum atomic E-state index is -1.70. The van der Waals surface area contributed by atoms with Gasteiger partial charge in [0.1, 0.15) is 27.6 Å². The molecule has 0 spiro atoms. The Morgan fingerprint density at radius 2 is 1.10 bits per heavy atom. The maximum absolute atomic E-state index is 7.08. The summed E-state index contributed by atoms with van der Waals surface area (Å²) in [6.45, 7) is 28.9. The summed E-state index contributed by atoms with van der Waals surface area (Å²) in [6.07, 6.45) is 10.1. The summed E-state index contributed by atoms with van der Waals surface area (Å²) in [5, 5.41) is 3.42. The average Bonchev–Trinajstić information content (AvgIpc) is 3.93. The second kappa shape index (κ2) is 15.7. The number of halogens is 3. The van der Waals surface area contributed by atoms with Gasteiger partial charge in [0.25, 0.3) is 0 Å². The number of nitrogens with two attached hydrogens (primary N) is 1. The van der Waals surface area contributed by atoms with Crippen LogP contribution < -0.4 is 18.1 Å². The van der Waals surface area contributed by atoms with Crippen molar-refractivity contribution in [2.45, 2.75) is 155 Å². The maximum atomic E-state index is 7.08. The van der Waals surface area contributed by atoms with Gasteiger partial charge in [-0.1, -0.05) is 102 Å². The molecule has 0 amide bonds. The van der Waals surface area contributed by atoms with E-state index in [4.69, 9.17) is 56.4 Å². The quantitative estimate of drug-likeness (QED) is 0.167. The van der Waals surface area contributed by atoms with Gasteiger partial charge < -0.3 is 49.8 Å². The number of fused-ring (bicyclic) bond motifs is 2. The van der Waals surface area contributed by atoms with Gasteiger partial charge >= 0.3 is 14.2 Å². The fourth-order valence-corrected chi connectivity index (χ4v) is 24.6. The van der Waals surface area contributed by atoms with E-state index in [-0.39, 0.29) is 61.9 Å². The summed E-state index contributed by atoms with van der Waals surface area (Å²) in [5.74, 6) is 2.47. The molecular weight excluding hydrogens is 861 g/mol. The molecule has 6 aliphatic carbocycles. The third-order valence-electron chi connectivity index (χ3n) is 16.5. The molecule has 2 aromatic heterocycles. The zero-order valence-corrected chi connectivity index (χ0v) is 42.5. The number of hydrogen-bond acceptors (Lipinski definition) is 8. The fourth-order valence-electron chi connectivity index (χ4n) is 13.5. The molecule has 4 aromatic rings. The third kappa shape index (κ3) is 7.50. The van der Waals surface area contributed by atoms with Gasteiger partial charge in [0, 0.05) is 33.8 Å². The zero-order valence-electron chi connectivity index (χ0n) is 38.2. The highest BCUT2D eigenvalue weighted by Crippen LogP contribution is 2.67. The van der Waals surface area contributed by atoms with Crippen LogP contribution in [0.15, 0.2) is 57.8 Å². The van der Waals surface area contributed by atoms with E-state index in [0.29, 0.717) is 34.1 Å². The smallest absolute Gasteiger partial charge is 0.475 e. The van der Waals surface area contributed by atoms with Crippen LogP contribution in [0.4, 0.5) is 0 Å². The molecule has 6 saturated carbocycles. The van der Waals surface area contributed by atoms with Crippen molar-refractivity contribution >= 4 is 75.8 Å². The van der Waals surface area contributed by atoms with Crippen LogP contribution in [0.25, 0.3) is 21.9 Å². The van der Waals surface area contributed by atoms with E-state index < -0.39 is 16.5 Å². The van der Waals surface area contributed by atoms with Gasteiger partial charge in [-0.2, -0.15) is 0 Å². The van der Waals surface area contributed by atoms with E-state index in [1.54, 1.807) is 6.26 Å². The van der Waals surface area contributed by atoms with Gasteiger partial charge in [-0.25, -0.2) is 0 Å². The van der Waals surface area contributed by atoms with Crippen LogP contribution in [0.3, 0.4) is 0 Å². The van der Waals surface area contributed by atoms with Crippen LogP contribution in [-0.4, -0.2) is 70.2 Å². The first kappa shape index (κ1) is 46.3. The molecule has 4 bridgehead atoms. The molecule has 8 nitrogen and oxygen atoms in total. The molecule has 2 aliphatic heterocycles. The zero-order chi connectivity index (χ0) is 43.1. The van der Waals surface area contributed by atoms with Crippen LogP contribution in [-0.2, 0) is 31.5 Å². The normalized spacial score (nSPS) is 33.0. The number of nitrogens with zero attached hydrogens (tertiary/aromatic N) is 1. The molecule has 0 radical (unpaired) electrons. The Labute approximate surface area is 382 Å². The topological polar surface area (TPSA) is 92.5 Å². The highest BCUT2D eigenvalue weighted by molar-refractivity contribution is 6.90. The van der Waals surface area contributed by atoms with Crippen molar-refractivity contribution in [3.05, 3.63) is 70.1 Å². The lowest BCUT2D eigenvalue weighted by Gasteiger charge is -2.64. The summed E-state index contributed by atoms with van der Waals surface area (Å²) < 4.78 is 41.2. The van der Waals surface area contributed by atoms with Gasteiger partial charge in [-0.05, 0) is 111 Å². The van der Waals surface area contributed by atoms with Crippen molar-refractivity contribution in [3.63, 3.8) is 0 Å². The van der Waals surface area contributed by atoms with E-state index in [0.717, 1.165) is 69.2 Å². The molecule has 10 atom stereocenters. The van der Waals surface area contributed by atoms with Gasteiger partial charge in [0.2, 0.25) is 0 Å². The first-order chi connectivity index (χ1) is 27.9. The van der Waals surface area contributed by atoms with Crippen molar-refractivity contribution in [2.24, 2.45) is 40.2 Å². The summed E-state index contributed by atoms with van der Waals surface area (Å²) in [5.41, 5.74) is 10.6. The number of benzene rings is 2. The standard InChI is InChI=1S/C26H41BClNO3Si2.C20H25BClNO3.ClH/c1-25(2)18-14-21(25)26(3)22(15-18)31-27(32-26)23(29(33(4,5)6)34(7,8)9)13-17-16-30-20-12-10-11-19(28)24(17)20;1-19(2)12-8-15(19)20(3)16(9-12)25-21(26-20)17(23)7-11-10-24-14-6-4-5-13(22)18(11)14;/h10-12,16,18,21-23H,13-15H2,1-9H3;4-6,10,12,15-17H,7-9,23H2,1-3H3;1H/p-1/t18-,21-,22+,23-,26-;12-,15-,16+,17-,20-;/m00./s1. The highest BCUT2D eigenvalue weighted by Gasteiger charge is 2.70. The SMILES string of the molecule is CC1(C)[C@@H]2C[C@H]3OB([C@@H](N)Cc4coc5cccc(Cl)c45)O[C@@]3(C)[C@H]1C2.CC1(C)[C@@H]2C[C@H]3OB([C@H](Cc4coc5cccc(Cl)c45)N([Si](C)(C)C)[Si](C)(C)C)O[C@@]3(C)[C@H]1C2.[Cl-]. The number of hydrogen-bond donors (Lipinski definition) is 1. The first-order valence-corrected chi connectivity index (χ1v) is 30.1. The van der Waals surface area contributed by atoms with E-state index in [9.17, 15) is 0 Å². The fraction of sp³-hybridized carbons (Fsp3) is 0.652. The van der Waals surface area contributed by atoms with Crippen LogP contribution in [0, 0.1) is 34.5 Å². The van der Waals surface area contributed by atoms with Crippen molar-refractivity contribution < 1.29 is 39.9 Å². The molecule has 2 saturated heterocycles. The van der Waals surface area contributed by atoms with Gasteiger partial charge in [0.05, 0.1) is 46.0 Å². The van der Waals surface area contributed by atoms with Crippen LogP contribution in [0.2, 0.25) is 49.3 Å². The lowest BCUT2D eigenvalue weighted by Crippen LogP contribution is -3.00. The monoisotopic (exact) mass is 925 g/mol. The van der Waals surface area contributed by atoms with E-state index in [1.165, 1.54) is 12.8 Å². The van der Waals surface area contributed by atoms with Crippen LogP contribution in [0.1, 0.15) is 78.4 Å². The molecule has 61 heavy (non-hydrogen) atoms. The molecular formula is C46H66B2Cl3N2O6Si2-. The van der Waals surface area contributed by atoms with Crippen molar-refractivity contribution in [3.8, 4) is 0 Å². The molecule has 12 rings (SSSR count). The largest absolute Gasteiger partial charge is 1.00 e. The Hall–Kier alpha value is -1.29. The summed E-state index contributed by atoms with van der Waals surface area (Å²) >= 11 is 13.0. The lowest BCUT2D eigenvalue weighted by molar-refractivity contribution is -0.199. The highest BCUT2D eigenvalue weighted by atomic mass is 35.5. The summed E-state index contributed by atoms with van der Waals surface area (Å²) in [4.78, 5) is 0. The summed E-state index contributed by atoms with van der Waals surface area (Å²) in [7, 11) is -4.03. The number of rotatable bonds is 9. The molecule has 15 heteroatoms. The third-order valence-corrected chi connectivity index (χ3v) is 24.7. The minimum absolute atomic E-state index is 0. The van der Waals surface area contributed by atoms with Gasteiger partial charge in [-0.3, -0.25) is 0 Å². The van der Waals surface area contributed by atoms with E-state index >= 15 is 0 Å². The van der Waals surface area contributed by atoms with Crippen LogP contribution in [0.5, 0.6) is 0 Å². The second-order valence-electron chi connectivity index (χ2n) is 22.8. The van der Waals surface area contributed by atoms with Gasteiger partial charge in [-0.15, -0.1) is 0 Å².